The van der Waals surface area contributed by atoms with E-state index >= 15 is 0 Å². The average Bonchev–Trinajstić information content (AvgIpc) is 2.55. The van der Waals surface area contributed by atoms with E-state index < -0.39 is 21.4 Å². The fraction of sp³-hybridized carbons (Fsp3) is 0.400. The number of nitrogens with zero attached hydrogens (tertiary/aromatic N) is 2. The number of Topliss-reactive ketones (excluding diaryl/α,β-unsaturated/α-hetero) is 1. The molecule has 0 aliphatic carbocycles. The average molecular weight is 336 g/mol. The molecule has 0 saturated carbocycles. The molecule has 0 bridgehead atoms. The maximum absolute atomic E-state index is 12.7. The maximum atomic E-state index is 12.7. The summed E-state index contributed by atoms with van der Waals surface area (Å²) in [6.45, 7) is 2.74. The molecule has 0 spiro atoms. The number of esters is 1. The predicted molar refractivity (Wildman–Crippen MR) is 85.2 cm³/mol. The topological polar surface area (TPSA) is 110 Å². The summed E-state index contributed by atoms with van der Waals surface area (Å²) in [7, 11) is 0. The van der Waals surface area contributed by atoms with Crippen LogP contribution in [0.15, 0.2) is 24.3 Å². The Labute approximate surface area is 137 Å². The lowest BCUT2D eigenvalue weighted by atomic mass is 9.98. The molecule has 1 atom stereocenters. The summed E-state index contributed by atoms with van der Waals surface area (Å²) in [4.78, 5) is 33.8. The zero-order valence-electron chi connectivity index (χ0n) is 12.8. The molecule has 0 heterocycles. The SMILES string of the molecule is CCCSC(C#N)(COC(C)=O)C(=O)c1ccc([N+](=O)[O-])cc1. The Morgan fingerprint density at radius 3 is 2.43 bits per heavy atom. The number of ketones is 1. The lowest BCUT2D eigenvalue weighted by Crippen LogP contribution is -2.39. The number of nitro groups is 1. The molecule has 1 aromatic carbocycles. The summed E-state index contributed by atoms with van der Waals surface area (Å²) in [5, 5.41) is 20.2. The number of nitriles is 1. The Bertz CT molecular complexity index is 638. The van der Waals surface area contributed by atoms with E-state index in [9.17, 15) is 25.0 Å². The molecule has 0 amide bonds. The summed E-state index contributed by atoms with van der Waals surface area (Å²) in [6, 6.07) is 6.94. The van der Waals surface area contributed by atoms with Crippen LogP contribution in [0.4, 0.5) is 5.69 Å². The van der Waals surface area contributed by atoms with E-state index in [1.165, 1.54) is 31.2 Å². The van der Waals surface area contributed by atoms with Crippen molar-refractivity contribution in [3.8, 4) is 6.07 Å². The highest BCUT2D eigenvalue weighted by Gasteiger charge is 2.41. The number of carbonyl (C=O) groups is 2. The van der Waals surface area contributed by atoms with E-state index in [0.717, 1.165) is 18.2 Å². The number of benzene rings is 1. The number of hydrogen-bond donors (Lipinski definition) is 0. The molecular formula is C15H16N2O5S. The van der Waals surface area contributed by atoms with Crippen molar-refractivity contribution in [2.75, 3.05) is 12.4 Å². The Morgan fingerprint density at radius 2 is 2.00 bits per heavy atom. The molecule has 0 fully saturated rings. The minimum absolute atomic E-state index is 0.148. The fourth-order valence-corrected chi connectivity index (χ4v) is 2.74. The number of rotatable bonds is 8. The Balaban J connectivity index is 3.13. The molecule has 0 saturated heterocycles. The Hall–Kier alpha value is -2.40. The van der Waals surface area contributed by atoms with Gasteiger partial charge in [-0.15, -0.1) is 11.8 Å². The molecule has 0 aliphatic heterocycles. The molecular weight excluding hydrogens is 320 g/mol. The first-order chi connectivity index (χ1) is 10.9. The largest absolute Gasteiger partial charge is 0.463 e. The summed E-state index contributed by atoms with van der Waals surface area (Å²) in [5.41, 5.74) is 0.0122. The van der Waals surface area contributed by atoms with Crippen molar-refractivity contribution >= 4 is 29.2 Å². The van der Waals surface area contributed by atoms with Gasteiger partial charge in [0.2, 0.25) is 0 Å². The van der Waals surface area contributed by atoms with Crippen LogP contribution in [0.5, 0.6) is 0 Å². The lowest BCUT2D eigenvalue weighted by Gasteiger charge is -2.23. The highest BCUT2D eigenvalue weighted by Crippen LogP contribution is 2.31. The van der Waals surface area contributed by atoms with Gasteiger partial charge in [-0.1, -0.05) is 6.92 Å². The molecule has 0 N–H and O–H groups in total. The van der Waals surface area contributed by atoms with Gasteiger partial charge < -0.3 is 4.74 Å². The van der Waals surface area contributed by atoms with Crippen molar-refractivity contribution in [3.05, 3.63) is 39.9 Å². The van der Waals surface area contributed by atoms with Crippen molar-refractivity contribution in [3.63, 3.8) is 0 Å². The summed E-state index contributed by atoms with van der Waals surface area (Å²) in [6.07, 6.45) is 0.738. The van der Waals surface area contributed by atoms with Gasteiger partial charge in [0.1, 0.15) is 6.61 Å². The second-order valence-electron chi connectivity index (χ2n) is 4.70. The fourth-order valence-electron chi connectivity index (χ4n) is 1.74. The van der Waals surface area contributed by atoms with Crippen LogP contribution in [-0.2, 0) is 9.53 Å². The predicted octanol–water partition coefficient (Wildman–Crippen LogP) is 2.75. The van der Waals surface area contributed by atoms with E-state index in [0.29, 0.717) is 5.75 Å². The molecule has 0 aromatic heterocycles. The molecule has 7 nitrogen and oxygen atoms in total. The van der Waals surface area contributed by atoms with Crippen LogP contribution in [0.2, 0.25) is 0 Å². The smallest absolute Gasteiger partial charge is 0.302 e. The van der Waals surface area contributed by atoms with Crippen molar-refractivity contribution in [2.45, 2.75) is 25.0 Å². The first-order valence-electron chi connectivity index (χ1n) is 6.84. The maximum Gasteiger partial charge on any atom is 0.302 e. The lowest BCUT2D eigenvalue weighted by molar-refractivity contribution is -0.384. The van der Waals surface area contributed by atoms with Gasteiger partial charge in [-0.25, -0.2) is 0 Å². The van der Waals surface area contributed by atoms with Crippen LogP contribution in [-0.4, -0.2) is 33.8 Å². The Morgan fingerprint density at radius 1 is 1.39 bits per heavy atom. The normalized spacial score (nSPS) is 12.7. The standard InChI is InChI=1S/C15H16N2O5S/c1-3-8-23-15(9-16,10-22-11(2)18)14(19)12-4-6-13(7-5-12)17(20)21/h4-7H,3,8,10H2,1-2H3. The van der Waals surface area contributed by atoms with Gasteiger partial charge in [-0.3, -0.25) is 19.7 Å². The van der Waals surface area contributed by atoms with Crippen LogP contribution in [0.1, 0.15) is 30.6 Å². The number of ether oxygens (including phenoxy) is 1. The molecule has 0 radical (unpaired) electrons. The zero-order chi connectivity index (χ0) is 17.5. The van der Waals surface area contributed by atoms with Crippen LogP contribution in [0, 0.1) is 21.4 Å². The molecule has 122 valence electrons. The molecule has 0 aliphatic rings. The number of non-ortho nitro benzene ring substituents is 1. The van der Waals surface area contributed by atoms with Gasteiger partial charge in [0.15, 0.2) is 10.5 Å². The minimum Gasteiger partial charge on any atom is -0.463 e. The van der Waals surface area contributed by atoms with Crippen LogP contribution in [0.3, 0.4) is 0 Å². The molecule has 8 heteroatoms. The van der Waals surface area contributed by atoms with Crippen molar-refractivity contribution in [1.82, 2.24) is 0 Å². The van der Waals surface area contributed by atoms with E-state index in [4.69, 9.17) is 4.74 Å². The van der Waals surface area contributed by atoms with Crippen LogP contribution >= 0.6 is 11.8 Å². The summed E-state index contributed by atoms with van der Waals surface area (Å²) in [5.74, 6) is -0.582. The quantitative estimate of drug-likeness (QED) is 0.310. The van der Waals surface area contributed by atoms with Gasteiger partial charge >= 0.3 is 5.97 Å². The molecule has 1 rings (SSSR count). The van der Waals surface area contributed by atoms with E-state index in [1.54, 1.807) is 0 Å². The second-order valence-corrected chi connectivity index (χ2v) is 6.09. The summed E-state index contributed by atoms with van der Waals surface area (Å²) >= 11 is 1.10. The van der Waals surface area contributed by atoms with Crippen molar-refractivity contribution in [1.29, 1.82) is 5.26 Å². The number of hydrogen-bond acceptors (Lipinski definition) is 7. The highest BCUT2D eigenvalue weighted by atomic mass is 32.2. The van der Waals surface area contributed by atoms with Crippen LogP contribution < -0.4 is 0 Å². The van der Waals surface area contributed by atoms with Gasteiger partial charge in [-0.05, 0) is 24.3 Å². The zero-order valence-corrected chi connectivity index (χ0v) is 13.6. The van der Waals surface area contributed by atoms with Gasteiger partial charge in [0.25, 0.3) is 5.69 Å². The number of carbonyl (C=O) groups excluding carboxylic acids is 2. The third kappa shape index (κ3) is 4.79. The third-order valence-corrected chi connectivity index (χ3v) is 4.42. The van der Waals surface area contributed by atoms with E-state index in [-0.39, 0.29) is 17.9 Å². The van der Waals surface area contributed by atoms with Crippen molar-refractivity contribution in [2.24, 2.45) is 0 Å². The van der Waals surface area contributed by atoms with Gasteiger partial charge in [0, 0.05) is 24.6 Å². The first kappa shape index (κ1) is 18.6. The molecule has 1 aromatic rings. The van der Waals surface area contributed by atoms with E-state index in [2.05, 4.69) is 0 Å². The third-order valence-electron chi connectivity index (χ3n) is 2.92. The first-order valence-corrected chi connectivity index (χ1v) is 7.82. The number of nitro benzene ring substituents is 1. The van der Waals surface area contributed by atoms with Gasteiger partial charge in [-0.2, -0.15) is 5.26 Å². The second kappa shape index (κ2) is 8.29. The van der Waals surface area contributed by atoms with E-state index in [1.807, 2.05) is 13.0 Å². The van der Waals surface area contributed by atoms with Gasteiger partial charge in [0.05, 0.1) is 11.0 Å². The number of thioether (sulfide) groups is 1. The monoisotopic (exact) mass is 336 g/mol. The van der Waals surface area contributed by atoms with Crippen LogP contribution in [0.25, 0.3) is 0 Å². The van der Waals surface area contributed by atoms with Crippen molar-refractivity contribution < 1.29 is 19.2 Å². The summed E-state index contributed by atoms with van der Waals surface area (Å²) < 4.78 is 3.33. The minimum atomic E-state index is -1.56. The highest BCUT2D eigenvalue weighted by molar-refractivity contribution is 8.01. The molecule has 1 unspecified atom stereocenters. The molecule has 23 heavy (non-hydrogen) atoms. The Kier molecular flexibility index (Phi) is 6.72.